The zero-order chi connectivity index (χ0) is 12.4. The summed E-state index contributed by atoms with van der Waals surface area (Å²) in [5, 5.41) is 0. The van der Waals surface area contributed by atoms with Crippen LogP contribution in [0.1, 0.15) is 19.5 Å². The second kappa shape index (κ2) is 4.99. The Kier molecular flexibility index (Phi) is 3.60. The van der Waals surface area contributed by atoms with Crippen LogP contribution >= 0.6 is 22.6 Å². The average Bonchev–Trinajstić information content (AvgIpc) is 2.77. The molecule has 0 aliphatic heterocycles. The normalized spacial score (nSPS) is 11.1. The Morgan fingerprint density at radius 3 is 2.76 bits per heavy atom. The number of hydrogen-bond acceptors (Lipinski definition) is 3. The highest BCUT2D eigenvalue weighted by atomic mass is 127. The van der Waals surface area contributed by atoms with Crippen molar-refractivity contribution in [3.63, 3.8) is 0 Å². The molecule has 0 amide bonds. The molecule has 2 rings (SSSR count). The van der Waals surface area contributed by atoms with Gasteiger partial charge in [-0.2, -0.15) is 0 Å². The Balaban J connectivity index is 2.50. The van der Waals surface area contributed by atoms with Gasteiger partial charge < -0.3 is 9.97 Å². The Labute approximate surface area is 112 Å². The monoisotopic (exact) mass is 344 g/mol. The molecule has 0 spiro atoms. The minimum Gasteiger partial charge on any atom is -0.342 e. The van der Waals surface area contributed by atoms with E-state index in [-0.39, 0.29) is 5.56 Å². The molecule has 0 aromatic carbocycles. The molecular weight excluding hydrogens is 331 g/mol. The van der Waals surface area contributed by atoms with Gasteiger partial charge in [0.25, 0.3) is 5.56 Å². The molecule has 0 fully saturated rings. The molecule has 0 atom stereocenters. The maximum atomic E-state index is 11.8. The number of nitrogens with one attached hydrogen (secondary N) is 2. The average molecular weight is 344 g/mol. The predicted molar refractivity (Wildman–Crippen MR) is 73.7 cm³/mol. The minimum atomic E-state index is -0.109. The first kappa shape index (κ1) is 12.3. The van der Waals surface area contributed by atoms with E-state index in [1.807, 2.05) is 22.6 Å². The highest BCUT2D eigenvalue weighted by Crippen LogP contribution is 2.14. The van der Waals surface area contributed by atoms with Gasteiger partial charge in [0.15, 0.2) is 11.6 Å². The number of aromatic nitrogens is 4. The van der Waals surface area contributed by atoms with Gasteiger partial charge in [0.2, 0.25) is 0 Å². The summed E-state index contributed by atoms with van der Waals surface area (Å²) in [6.07, 6.45) is 4.13. The van der Waals surface area contributed by atoms with Crippen LogP contribution in [0.15, 0.2) is 17.2 Å². The van der Waals surface area contributed by atoms with Crippen molar-refractivity contribution in [2.45, 2.75) is 20.3 Å². The first-order chi connectivity index (χ1) is 8.08. The lowest BCUT2D eigenvalue weighted by atomic mass is 10.1. The zero-order valence-corrected chi connectivity index (χ0v) is 11.8. The summed E-state index contributed by atoms with van der Waals surface area (Å²) in [5.74, 6) is 1.54. The van der Waals surface area contributed by atoms with E-state index in [1.54, 1.807) is 12.4 Å². The highest BCUT2D eigenvalue weighted by molar-refractivity contribution is 14.1. The molecule has 5 nitrogen and oxygen atoms in total. The molecule has 0 saturated carbocycles. The van der Waals surface area contributed by atoms with Crippen molar-refractivity contribution in [1.29, 1.82) is 0 Å². The third kappa shape index (κ3) is 2.74. The van der Waals surface area contributed by atoms with Gasteiger partial charge in [0.05, 0.1) is 9.26 Å². The molecule has 2 N–H and O–H groups in total. The lowest BCUT2D eigenvalue weighted by molar-refractivity contribution is 0.631. The van der Waals surface area contributed by atoms with Crippen LogP contribution in [0, 0.1) is 9.49 Å². The van der Waals surface area contributed by atoms with E-state index in [1.165, 1.54) is 0 Å². The van der Waals surface area contributed by atoms with E-state index >= 15 is 0 Å². The lowest BCUT2D eigenvalue weighted by Crippen LogP contribution is -2.17. The van der Waals surface area contributed by atoms with E-state index in [9.17, 15) is 4.79 Å². The van der Waals surface area contributed by atoms with Crippen molar-refractivity contribution in [2.24, 2.45) is 5.92 Å². The maximum absolute atomic E-state index is 11.8. The van der Waals surface area contributed by atoms with E-state index in [4.69, 9.17) is 0 Å². The number of hydrogen-bond donors (Lipinski definition) is 2. The lowest BCUT2D eigenvalue weighted by Gasteiger charge is -2.07. The summed E-state index contributed by atoms with van der Waals surface area (Å²) in [7, 11) is 0. The molecular formula is C11H13IN4O. The summed E-state index contributed by atoms with van der Waals surface area (Å²) in [6, 6.07) is 0. The Morgan fingerprint density at radius 1 is 1.41 bits per heavy atom. The van der Waals surface area contributed by atoms with Crippen LogP contribution in [-0.2, 0) is 6.42 Å². The van der Waals surface area contributed by atoms with Crippen molar-refractivity contribution < 1.29 is 0 Å². The van der Waals surface area contributed by atoms with Gasteiger partial charge >= 0.3 is 0 Å². The highest BCUT2D eigenvalue weighted by Gasteiger charge is 2.12. The molecule has 6 heteroatoms. The van der Waals surface area contributed by atoms with Gasteiger partial charge in [-0.25, -0.2) is 9.97 Å². The number of rotatable bonds is 3. The molecule has 2 aromatic rings. The second-order valence-corrected chi connectivity index (χ2v) is 5.29. The van der Waals surface area contributed by atoms with Crippen LogP contribution in [0.5, 0.6) is 0 Å². The molecule has 90 valence electrons. The number of nitrogens with zero attached hydrogens (tertiary/aromatic N) is 2. The van der Waals surface area contributed by atoms with Gasteiger partial charge in [-0.05, 0) is 34.9 Å². The fourth-order valence-electron chi connectivity index (χ4n) is 1.53. The van der Waals surface area contributed by atoms with E-state index in [0.717, 1.165) is 12.1 Å². The van der Waals surface area contributed by atoms with Crippen LogP contribution in [-0.4, -0.2) is 19.9 Å². The third-order valence-electron chi connectivity index (χ3n) is 2.26. The Hall–Kier alpha value is -1.18. The minimum absolute atomic E-state index is 0.109. The molecule has 0 saturated heterocycles. The van der Waals surface area contributed by atoms with Crippen molar-refractivity contribution >= 4 is 22.6 Å². The molecule has 0 bridgehead atoms. The van der Waals surface area contributed by atoms with Crippen molar-refractivity contribution in [3.8, 4) is 11.6 Å². The van der Waals surface area contributed by atoms with Gasteiger partial charge in [0.1, 0.15) is 0 Å². The fourth-order valence-corrected chi connectivity index (χ4v) is 2.01. The summed E-state index contributed by atoms with van der Waals surface area (Å²) >= 11 is 2.04. The van der Waals surface area contributed by atoms with Crippen LogP contribution < -0.4 is 5.56 Å². The van der Waals surface area contributed by atoms with Crippen molar-refractivity contribution in [2.75, 3.05) is 0 Å². The second-order valence-electron chi connectivity index (χ2n) is 4.21. The summed E-state index contributed by atoms with van der Waals surface area (Å²) in [6.45, 7) is 4.21. The molecule has 0 radical (unpaired) electrons. The SMILES string of the molecule is CC(C)Cc1nc(-c2ncc[nH]2)[nH]c(=O)c1I. The predicted octanol–water partition coefficient (Wildman–Crippen LogP) is 1.96. The quantitative estimate of drug-likeness (QED) is 0.836. The van der Waals surface area contributed by atoms with E-state index < -0.39 is 0 Å². The Morgan fingerprint density at radius 2 is 2.18 bits per heavy atom. The third-order valence-corrected chi connectivity index (χ3v) is 3.37. The first-order valence-corrected chi connectivity index (χ1v) is 6.44. The van der Waals surface area contributed by atoms with Crippen molar-refractivity contribution in [1.82, 2.24) is 19.9 Å². The van der Waals surface area contributed by atoms with Gasteiger partial charge in [-0.1, -0.05) is 13.8 Å². The standard InChI is InChI=1S/C11H13IN4O/c1-6(2)5-7-8(12)11(17)16-10(15-7)9-13-3-4-14-9/h3-4,6H,5H2,1-2H3,(H,13,14)(H,15,16,17). The fraction of sp³-hybridized carbons (Fsp3) is 0.364. The van der Waals surface area contributed by atoms with E-state index in [2.05, 4.69) is 33.8 Å². The molecule has 17 heavy (non-hydrogen) atoms. The number of halogens is 1. The molecule has 2 aromatic heterocycles. The largest absolute Gasteiger partial charge is 0.342 e. The molecule has 0 unspecified atom stereocenters. The van der Waals surface area contributed by atoms with Crippen LogP contribution in [0.4, 0.5) is 0 Å². The number of imidazole rings is 1. The summed E-state index contributed by atoms with van der Waals surface area (Å²) < 4.78 is 0.659. The van der Waals surface area contributed by atoms with Gasteiger partial charge in [0, 0.05) is 12.4 Å². The van der Waals surface area contributed by atoms with Crippen LogP contribution in [0.3, 0.4) is 0 Å². The summed E-state index contributed by atoms with van der Waals surface area (Å²) in [4.78, 5) is 26.0. The summed E-state index contributed by atoms with van der Waals surface area (Å²) in [5.41, 5.74) is 0.721. The molecule has 0 aliphatic carbocycles. The first-order valence-electron chi connectivity index (χ1n) is 5.36. The van der Waals surface area contributed by atoms with Gasteiger partial charge in [-0.15, -0.1) is 0 Å². The maximum Gasteiger partial charge on any atom is 0.264 e. The topological polar surface area (TPSA) is 74.4 Å². The van der Waals surface area contributed by atoms with Crippen LogP contribution in [0.2, 0.25) is 0 Å². The Bertz CT molecular complexity index is 559. The number of H-pyrrole nitrogens is 2. The zero-order valence-electron chi connectivity index (χ0n) is 9.62. The number of aromatic amines is 2. The van der Waals surface area contributed by atoms with Gasteiger partial charge in [-0.3, -0.25) is 4.79 Å². The smallest absolute Gasteiger partial charge is 0.264 e. The van der Waals surface area contributed by atoms with Crippen molar-refractivity contribution in [3.05, 3.63) is 32.0 Å². The molecule has 0 aliphatic rings. The molecule has 2 heterocycles. The van der Waals surface area contributed by atoms with E-state index in [0.29, 0.717) is 21.1 Å². The van der Waals surface area contributed by atoms with Crippen LogP contribution in [0.25, 0.3) is 11.6 Å².